The molecule has 1 saturated carbocycles. The molecule has 0 bridgehead atoms. The van der Waals surface area contributed by atoms with Crippen LogP contribution < -0.4 is 5.32 Å². The molecule has 0 spiro atoms. The molecule has 0 saturated heterocycles. The van der Waals surface area contributed by atoms with Gasteiger partial charge in [0, 0.05) is 26.0 Å². The molecule has 1 aliphatic rings. The molecule has 1 amide bonds. The molecular formula is C14H20F3N3O2. The van der Waals surface area contributed by atoms with Crippen LogP contribution in [0.4, 0.5) is 13.2 Å². The van der Waals surface area contributed by atoms with E-state index in [1.54, 1.807) is 0 Å². The first-order chi connectivity index (χ1) is 10.1. The minimum Gasteiger partial charge on any atom is -0.374 e. The molecule has 0 radical (unpaired) electrons. The number of carbonyl (C=O) groups excluding carboxylic acids is 1. The minimum absolute atomic E-state index is 0.0230. The number of alkyl halides is 3. The van der Waals surface area contributed by atoms with Crippen LogP contribution >= 0.6 is 0 Å². The van der Waals surface area contributed by atoms with E-state index in [1.807, 2.05) is 6.92 Å². The highest BCUT2D eigenvalue weighted by atomic mass is 19.4. The van der Waals surface area contributed by atoms with Gasteiger partial charge in [-0.1, -0.05) is 6.92 Å². The van der Waals surface area contributed by atoms with Crippen molar-refractivity contribution in [3.05, 3.63) is 18.2 Å². The number of aromatic nitrogens is 2. The van der Waals surface area contributed by atoms with Gasteiger partial charge in [-0.2, -0.15) is 13.2 Å². The Hall–Kier alpha value is -1.57. The zero-order valence-electron chi connectivity index (χ0n) is 12.6. The number of hydrogen-bond donors (Lipinski definition) is 2. The number of carbonyl (C=O) groups is 1. The van der Waals surface area contributed by atoms with E-state index < -0.39 is 29.9 Å². The average Bonchev–Trinajstić information content (AvgIpc) is 3.09. The minimum atomic E-state index is -4.99. The SMILES string of the molecule is CCC1(CNC(=O)CC(O)(c2nccn2C)C(F)(F)F)CC1. The Morgan fingerprint density at radius 3 is 2.55 bits per heavy atom. The van der Waals surface area contributed by atoms with Gasteiger partial charge in [-0.25, -0.2) is 4.98 Å². The van der Waals surface area contributed by atoms with E-state index in [-0.39, 0.29) is 5.41 Å². The van der Waals surface area contributed by atoms with Gasteiger partial charge in [0.25, 0.3) is 0 Å². The molecule has 2 rings (SSSR count). The Balaban J connectivity index is 2.11. The number of nitrogens with zero attached hydrogens (tertiary/aromatic N) is 2. The zero-order valence-corrected chi connectivity index (χ0v) is 12.6. The Labute approximate surface area is 126 Å². The van der Waals surface area contributed by atoms with Crippen LogP contribution in [-0.2, 0) is 17.4 Å². The van der Waals surface area contributed by atoms with Crippen LogP contribution in [0.15, 0.2) is 12.4 Å². The summed E-state index contributed by atoms with van der Waals surface area (Å²) in [6.45, 7) is 2.33. The summed E-state index contributed by atoms with van der Waals surface area (Å²) in [5.74, 6) is -1.42. The fraction of sp³-hybridized carbons (Fsp3) is 0.714. The first-order valence-corrected chi connectivity index (χ1v) is 7.17. The third-order valence-corrected chi connectivity index (χ3v) is 4.44. The maximum atomic E-state index is 13.3. The van der Waals surface area contributed by atoms with Crippen LogP contribution in [-0.4, -0.2) is 33.3 Å². The molecule has 1 aromatic rings. The van der Waals surface area contributed by atoms with Crippen LogP contribution in [0.25, 0.3) is 0 Å². The number of amides is 1. The van der Waals surface area contributed by atoms with E-state index in [1.165, 1.54) is 13.2 Å². The summed E-state index contributed by atoms with van der Waals surface area (Å²) in [4.78, 5) is 15.5. The first kappa shape index (κ1) is 16.8. The molecule has 0 aromatic carbocycles. The molecule has 1 heterocycles. The second kappa shape index (κ2) is 5.57. The Morgan fingerprint density at radius 2 is 2.14 bits per heavy atom. The maximum Gasteiger partial charge on any atom is 0.425 e. The molecule has 1 aliphatic carbocycles. The first-order valence-electron chi connectivity index (χ1n) is 7.17. The van der Waals surface area contributed by atoms with Crippen LogP contribution in [0.5, 0.6) is 0 Å². The van der Waals surface area contributed by atoms with Crippen LogP contribution in [0.2, 0.25) is 0 Å². The quantitative estimate of drug-likeness (QED) is 0.841. The van der Waals surface area contributed by atoms with Gasteiger partial charge in [0.05, 0.1) is 6.42 Å². The highest BCUT2D eigenvalue weighted by Gasteiger charge is 2.58. The van der Waals surface area contributed by atoms with Crippen molar-refractivity contribution in [2.45, 2.75) is 44.4 Å². The van der Waals surface area contributed by atoms with Crippen LogP contribution in [0.3, 0.4) is 0 Å². The van der Waals surface area contributed by atoms with Gasteiger partial charge in [-0.3, -0.25) is 4.79 Å². The van der Waals surface area contributed by atoms with E-state index in [4.69, 9.17) is 0 Å². The molecule has 1 fully saturated rings. The van der Waals surface area contributed by atoms with Crippen molar-refractivity contribution in [2.75, 3.05) is 6.54 Å². The van der Waals surface area contributed by atoms with E-state index in [0.29, 0.717) is 6.54 Å². The fourth-order valence-electron chi connectivity index (χ4n) is 2.48. The van der Waals surface area contributed by atoms with Crippen LogP contribution in [0, 0.1) is 5.41 Å². The molecule has 8 heteroatoms. The van der Waals surface area contributed by atoms with Crippen LogP contribution in [0.1, 0.15) is 38.4 Å². The van der Waals surface area contributed by atoms with E-state index in [0.717, 1.165) is 30.0 Å². The maximum absolute atomic E-state index is 13.3. The van der Waals surface area contributed by atoms with E-state index in [9.17, 15) is 23.1 Å². The third-order valence-electron chi connectivity index (χ3n) is 4.44. The highest BCUT2D eigenvalue weighted by molar-refractivity contribution is 5.77. The Morgan fingerprint density at radius 1 is 1.50 bits per heavy atom. The predicted octanol–water partition coefficient (Wildman–Crippen LogP) is 1.87. The fourth-order valence-corrected chi connectivity index (χ4v) is 2.48. The summed E-state index contributed by atoms with van der Waals surface area (Å²) in [5, 5.41) is 12.6. The number of hydrogen-bond acceptors (Lipinski definition) is 3. The molecule has 0 aliphatic heterocycles. The van der Waals surface area contributed by atoms with Gasteiger partial charge in [-0.05, 0) is 24.7 Å². The van der Waals surface area contributed by atoms with Gasteiger partial charge in [0.1, 0.15) is 0 Å². The van der Waals surface area contributed by atoms with Crippen molar-refractivity contribution < 1.29 is 23.1 Å². The summed E-state index contributed by atoms with van der Waals surface area (Å²) in [6, 6.07) is 0. The van der Waals surface area contributed by atoms with Gasteiger partial charge < -0.3 is 15.0 Å². The van der Waals surface area contributed by atoms with Crippen molar-refractivity contribution in [3.63, 3.8) is 0 Å². The molecule has 1 unspecified atom stereocenters. The second-order valence-corrected chi connectivity index (χ2v) is 6.03. The lowest BCUT2D eigenvalue weighted by atomic mass is 9.96. The van der Waals surface area contributed by atoms with E-state index >= 15 is 0 Å². The van der Waals surface area contributed by atoms with Gasteiger partial charge >= 0.3 is 6.18 Å². The molecule has 5 nitrogen and oxygen atoms in total. The number of nitrogens with one attached hydrogen (secondary N) is 1. The standard InChI is InChI=1S/C14H20F3N3O2/c1-3-12(4-5-12)9-19-10(21)8-13(22,14(15,16)17)11-18-6-7-20(11)2/h6-7,22H,3-5,8-9H2,1-2H3,(H,19,21). The van der Waals surface area contributed by atoms with Gasteiger partial charge in [0.15, 0.2) is 5.82 Å². The number of rotatable bonds is 6. The number of halogens is 3. The summed E-state index contributed by atoms with van der Waals surface area (Å²) < 4.78 is 40.9. The smallest absolute Gasteiger partial charge is 0.374 e. The molecule has 1 atom stereocenters. The lowest BCUT2D eigenvalue weighted by Gasteiger charge is -2.29. The number of aryl methyl sites for hydroxylation is 1. The third kappa shape index (κ3) is 3.11. The lowest BCUT2D eigenvalue weighted by Crippen LogP contribution is -2.48. The van der Waals surface area contributed by atoms with Crippen molar-refractivity contribution in [1.82, 2.24) is 14.9 Å². The van der Waals surface area contributed by atoms with Crippen molar-refractivity contribution in [3.8, 4) is 0 Å². The second-order valence-electron chi connectivity index (χ2n) is 6.03. The topological polar surface area (TPSA) is 67.2 Å². The molecule has 124 valence electrons. The summed E-state index contributed by atoms with van der Waals surface area (Å²) in [6.07, 6.45) is -0.845. The molecule has 1 aromatic heterocycles. The average molecular weight is 319 g/mol. The monoisotopic (exact) mass is 319 g/mol. The predicted molar refractivity (Wildman–Crippen MR) is 72.7 cm³/mol. The molecular weight excluding hydrogens is 299 g/mol. The Kier molecular flexibility index (Phi) is 4.25. The normalized spacial score (nSPS) is 19.5. The van der Waals surface area contributed by atoms with Gasteiger partial charge in [-0.15, -0.1) is 0 Å². The summed E-state index contributed by atoms with van der Waals surface area (Å²) in [7, 11) is 1.34. The summed E-state index contributed by atoms with van der Waals surface area (Å²) in [5.41, 5.74) is -3.27. The van der Waals surface area contributed by atoms with Crippen molar-refractivity contribution in [1.29, 1.82) is 0 Å². The number of imidazole rings is 1. The zero-order chi connectivity index (χ0) is 16.6. The van der Waals surface area contributed by atoms with Crippen molar-refractivity contribution >= 4 is 5.91 Å². The van der Waals surface area contributed by atoms with Gasteiger partial charge in [0.2, 0.25) is 11.5 Å². The Bertz CT molecular complexity index is 552. The van der Waals surface area contributed by atoms with Crippen molar-refractivity contribution in [2.24, 2.45) is 12.5 Å². The highest BCUT2D eigenvalue weighted by Crippen LogP contribution is 2.48. The largest absolute Gasteiger partial charge is 0.425 e. The summed E-state index contributed by atoms with van der Waals surface area (Å²) >= 11 is 0. The number of aliphatic hydroxyl groups is 1. The molecule has 2 N–H and O–H groups in total. The lowest BCUT2D eigenvalue weighted by molar-refractivity contribution is -0.271. The molecule has 22 heavy (non-hydrogen) atoms. The van der Waals surface area contributed by atoms with E-state index in [2.05, 4.69) is 10.3 Å².